The molecular weight excluding hydrogens is 473 g/mol. The molecule has 0 bridgehead atoms. The molecule has 5 rings (SSSR count). The van der Waals surface area contributed by atoms with Crippen LogP contribution in [0.5, 0.6) is 5.75 Å². The van der Waals surface area contributed by atoms with Crippen LogP contribution >= 0.6 is 0 Å². The number of methoxy groups -OCH3 is 1. The van der Waals surface area contributed by atoms with Gasteiger partial charge >= 0.3 is 0 Å². The van der Waals surface area contributed by atoms with Gasteiger partial charge < -0.3 is 20.6 Å². The van der Waals surface area contributed by atoms with Gasteiger partial charge in [0.15, 0.2) is 0 Å². The van der Waals surface area contributed by atoms with Gasteiger partial charge in [-0.05, 0) is 53.6 Å². The number of fused-ring (bicyclic) bond motifs is 1. The summed E-state index contributed by atoms with van der Waals surface area (Å²) >= 11 is 0. The van der Waals surface area contributed by atoms with Crippen molar-refractivity contribution in [1.82, 2.24) is 19.7 Å². The first-order valence-corrected chi connectivity index (χ1v) is 11.4. The van der Waals surface area contributed by atoms with Crippen molar-refractivity contribution in [3.05, 3.63) is 102 Å². The van der Waals surface area contributed by atoms with Crippen LogP contribution in [-0.2, 0) is 18.0 Å². The van der Waals surface area contributed by atoms with Crippen molar-refractivity contribution in [2.45, 2.75) is 13.2 Å². The molecule has 9 nitrogen and oxygen atoms in total. The van der Waals surface area contributed by atoms with Gasteiger partial charge in [0.05, 0.1) is 37.1 Å². The molecule has 0 saturated heterocycles. The lowest BCUT2D eigenvalue weighted by atomic mass is 10.2. The second-order valence-corrected chi connectivity index (χ2v) is 8.21. The number of nitrogen functional groups attached to an aromatic ring is 1. The minimum absolute atomic E-state index is 0.262. The number of hydrogen-bond donors (Lipinski definition) is 2. The largest absolute Gasteiger partial charge is 0.497 e. The molecule has 3 N–H and O–H groups in total. The van der Waals surface area contributed by atoms with Gasteiger partial charge in [0.25, 0.3) is 0 Å². The van der Waals surface area contributed by atoms with E-state index in [1.165, 1.54) is 24.7 Å². The minimum Gasteiger partial charge on any atom is -0.497 e. The molecule has 0 amide bonds. The summed E-state index contributed by atoms with van der Waals surface area (Å²) in [5.41, 5.74) is 10.1. The molecule has 2 aromatic heterocycles. The number of rotatable bonds is 9. The van der Waals surface area contributed by atoms with E-state index in [1.54, 1.807) is 19.4 Å². The van der Waals surface area contributed by atoms with Crippen LogP contribution in [-0.4, -0.2) is 33.1 Å². The second-order valence-electron chi connectivity index (χ2n) is 8.21. The van der Waals surface area contributed by atoms with Gasteiger partial charge in [0.1, 0.15) is 36.1 Å². The molecule has 0 aliphatic heterocycles. The monoisotopic (exact) mass is 497 g/mol. The Bertz CT molecular complexity index is 1550. The summed E-state index contributed by atoms with van der Waals surface area (Å²) in [6, 6.07) is 19.8. The Morgan fingerprint density at radius 1 is 1.05 bits per heavy atom. The normalized spacial score (nSPS) is 11.2. The average molecular weight is 498 g/mol. The quantitative estimate of drug-likeness (QED) is 0.220. The Morgan fingerprint density at radius 2 is 1.92 bits per heavy atom. The molecule has 0 fully saturated rings. The lowest BCUT2D eigenvalue weighted by Gasteiger charge is -2.10. The molecule has 3 aromatic carbocycles. The number of ether oxygens (including phenoxy) is 1. The van der Waals surface area contributed by atoms with E-state index >= 15 is 0 Å². The van der Waals surface area contributed by atoms with Crippen molar-refractivity contribution in [2.24, 2.45) is 5.16 Å². The van der Waals surface area contributed by atoms with Crippen molar-refractivity contribution in [3.8, 4) is 5.75 Å². The van der Waals surface area contributed by atoms with Crippen LogP contribution in [0.4, 0.5) is 21.7 Å². The Labute approximate surface area is 212 Å². The Morgan fingerprint density at radius 3 is 2.73 bits per heavy atom. The standard InChI is InChI=1S/C27H24FN7O2/c1-36-23-8-5-18(6-9-23)16-37-33-14-24-26(29)30-17-31-27(24)34-22-7-10-25-20(12-22)13-32-35(25)15-19-3-2-4-21(28)11-19/h2-14,17H,15-16H2,1H3,(H3,29,30,31,34)/b33-14+. The molecule has 0 atom stereocenters. The summed E-state index contributed by atoms with van der Waals surface area (Å²) in [7, 11) is 1.62. The molecule has 0 spiro atoms. The maximum atomic E-state index is 13.6. The Balaban J connectivity index is 1.29. The zero-order chi connectivity index (χ0) is 25.6. The van der Waals surface area contributed by atoms with Crippen molar-refractivity contribution in [3.63, 3.8) is 0 Å². The number of nitrogens with zero attached hydrogens (tertiary/aromatic N) is 5. The highest BCUT2D eigenvalue weighted by atomic mass is 19.1. The van der Waals surface area contributed by atoms with Crippen LogP contribution in [0.3, 0.4) is 0 Å². The molecule has 5 aromatic rings. The van der Waals surface area contributed by atoms with Crippen LogP contribution in [0.2, 0.25) is 0 Å². The van der Waals surface area contributed by atoms with E-state index in [0.717, 1.165) is 33.5 Å². The smallest absolute Gasteiger partial charge is 0.144 e. The summed E-state index contributed by atoms with van der Waals surface area (Å²) in [6.45, 7) is 0.751. The van der Waals surface area contributed by atoms with E-state index in [4.69, 9.17) is 15.3 Å². The molecular formula is C27H24FN7O2. The molecule has 0 aliphatic rings. The van der Waals surface area contributed by atoms with Crippen molar-refractivity contribution < 1.29 is 14.0 Å². The van der Waals surface area contributed by atoms with Crippen LogP contribution in [0, 0.1) is 5.82 Å². The van der Waals surface area contributed by atoms with Crippen LogP contribution in [0.1, 0.15) is 16.7 Å². The Kier molecular flexibility index (Phi) is 6.89. The van der Waals surface area contributed by atoms with Gasteiger partial charge in [0, 0.05) is 11.1 Å². The molecule has 0 saturated carbocycles. The second kappa shape index (κ2) is 10.7. The van der Waals surface area contributed by atoms with Gasteiger partial charge in [-0.1, -0.05) is 29.4 Å². The van der Waals surface area contributed by atoms with Crippen molar-refractivity contribution in [1.29, 1.82) is 0 Å². The summed E-state index contributed by atoms with van der Waals surface area (Å²) < 4.78 is 20.5. The fourth-order valence-electron chi connectivity index (χ4n) is 3.80. The topological polar surface area (TPSA) is 112 Å². The number of halogens is 1. The fourth-order valence-corrected chi connectivity index (χ4v) is 3.80. The Hall–Kier alpha value is -4.99. The predicted octanol–water partition coefficient (Wildman–Crippen LogP) is 4.90. The van der Waals surface area contributed by atoms with Gasteiger partial charge in [0.2, 0.25) is 0 Å². The maximum absolute atomic E-state index is 13.6. The van der Waals surface area contributed by atoms with E-state index in [2.05, 4.69) is 25.5 Å². The maximum Gasteiger partial charge on any atom is 0.144 e. The first-order valence-electron chi connectivity index (χ1n) is 11.4. The third kappa shape index (κ3) is 5.64. The molecule has 0 aliphatic carbocycles. The van der Waals surface area contributed by atoms with Crippen molar-refractivity contribution >= 4 is 34.4 Å². The number of anilines is 3. The van der Waals surface area contributed by atoms with Crippen LogP contribution < -0.4 is 15.8 Å². The summed E-state index contributed by atoms with van der Waals surface area (Å²) in [5, 5.41) is 12.7. The van der Waals surface area contributed by atoms with Gasteiger partial charge in [-0.2, -0.15) is 5.10 Å². The van der Waals surface area contributed by atoms with E-state index in [-0.39, 0.29) is 18.2 Å². The number of nitrogens with one attached hydrogen (secondary N) is 1. The number of nitrogens with two attached hydrogens (primary N) is 1. The molecule has 10 heteroatoms. The average Bonchev–Trinajstić information content (AvgIpc) is 3.30. The highest BCUT2D eigenvalue weighted by Gasteiger charge is 2.10. The molecule has 0 unspecified atom stereocenters. The zero-order valence-corrected chi connectivity index (χ0v) is 20.0. The van der Waals surface area contributed by atoms with E-state index in [0.29, 0.717) is 17.9 Å². The van der Waals surface area contributed by atoms with Crippen LogP contribution in [0.25, 0.3) is 10.9 Å². The molecule has 0 radical (unpaired) electrons. The lowest BCUT2D eigenvalue weighted by Crippen LogP contribution is -2.05. The summed E-state index contributed by atoms with van der Waals surface area (Å²) in [5.74, 6) is 1.25. The zero-order valence-electron chi connectivity index (χ0n) is 20.0. The van der Waals surface area contributed by atoms with Gasteiger partial charge in [-0.15, -0.1) is 0 Å². The predicted molar refractivity (Wildman–Crippen MR) is 140 cm³/mol. The number of hydrogen-bond acceptors (Lipinski definition) is 8. The van der Waals surface area contributed by atoms with E-state index in [1.807, 2.05) is 53.2 Å². The van der Waals surface area contributed by atoms with Crippen molar-refractivity contribution in [2.75, 3.05) is 18.2 Å². The first kappa shape index (κ1) is 23.7. The fraction of sp³-hybridized carbons (Fsp3) is 0.111. The number of aromatic nitrogens is 4. The lowest BCUT2D eigenvalue weighted by molar-refractivity contribution is 0.132. The summed E-state index contributed by atoms with van der Waals surface area (Å²) in [4.78, 5) is 13.8. The minimum atomic E-state index is -0.268. The van der Waals surface area contributed by atoms with E-state index in [9.17, 15) is 4.39 Å². The number of oxime groups is 1. The third-order valence-electron chi connectivity index (χ3n) is 5.69. The highest BCUT2D eigenvalue weighted by Crippen LogP contribution is 2.25. The van der Waals surface area contributed by atoms with Gasteiger partial charge in [-0.3, -0.25) is 4.68 Å². The SMILES string of the molecule is COc1ccc(CO/N=C/c2c(N)ncnc2Nc2ccc3c(cnn3Cc3cccc(F)c3)c2)cc1. The van der Waals surface area contributed by atoms with E-state index < -0.39 is 0 Å². The summed E-state index contributed by atoms with van der Waals surface area (Å²) in [6.07, 6.45) is 4.63. The third-order valence-corrected chi connectivity index (χ3v) is 5.69. The van der Waals surface area contributed by atoms with Gasteiger partial charge in [-0.25, -0.2) is 14.4 Å². The van der Waals surface area contributed by atoms with Crippen LogP contribution in [0.15, 0.2) is 84.4 Å². The first-order chi connectivity index (χ1) is 18.1. The molecule has 37 heavy (non-hydrogen) atoms. The highest BCUT2D eigenvalue weighted by molar-refractivity contribution is 5.93. The molecule has 186 valence electrons. The number of benzene rings is 3. The molecule has 2 heterocycles.